The summed E-state index contributed by atoms with van der Waals surface area (Å²) in [5.74, 6) is -0.146. The molecular weight excluding hydrogens is 480 g/mol. The number of hydrogen-bond acceptors (Lipinski definition) is 6. The maximum atomic E-state index is 12.2. The highest BCUT2D eigenvalue weighted by atomic mass is 35.5. The van der Waals surface area contributed by atoms with Crippen LogP contribution in [-0.2, 0) is 11.4 Å². The molecule has 2 aliphatic rings. The molecule has 5 rings (SSSR count). The van der Waals surface area contributed by atoms with Crippen molar-refractivity contribution in [2.24, 2.45) is 0 Å². The van der Waals surface area contributed by atoms with Gasteiger partial charge in [-0.25, -0.2) is 0 Å². The Kier molecular flexibility index (Phi) is 7.51. The highest BCUT2D eigenvalue weighted by Gasteiger charge is 2.20. The van der Waals surface area contributed by atoms with E-state index in [1.807, 2.05) is 6.08 Å². The molecule has 182 valence electrons. The van der Waals surface area contributed by atoms with Crippen molar-refractivity contribution < 1.29 is 9.63 Å². The number of nitrogens with one attached hydrogen (secondary N) is 2. The Morgan fingerprint density at radius 2 is 1.80 bits per heavy atom. The SMILES string of the molecule is CN1CCN(Cc2ccccc2-c2ccc(C3=CC(CNC(=O)c4ccc(Cl)s4)ON3)cc2)CC1. The summed E-state index contributed by atoms with van der Waals surface area (Å²) in [6.07, 6.45) is 1.76. The Bertz CT molecular complexity index is 1200. The van der Waals surface area contributed by atoms with Gasteiger partial charge in [0, 0.05) is 32.7 Å². The molecule has 1 aromatic heterocycles. The normalized spacial score (nSPS) is 18.8. The van der Waals surface area contributed by atoms with Crippen molar-refractivity contribution >= 4 is 34.5 Å². The van der Waals surface area contributed by atoms with Crippen LogP contribution in [0.5, 0.6) is 0 Å². The molecule has 2 N–H and O–H groups in total. The standard InChI is InChI=1S/C27H29ClN4O2S/c1-31-12-14-32(15-13-31)18-21-4-2-3-5-23(21)19-6-8-20(9-7-19)24-16-22(34-30-24)17-29-27(33)25-10-11-26(28)35-25/h2-11,16,22,30H,12-15,17-18H2,1H3,(H,29,33). The van der Waals surface area contributed by atoms with Gasteiger partial charge in [-0.1, -0.05) is 60.1 Å². The third-order valence-electron chi connectivity index (χ3n) is 6.45. The number of rotatable bonds is 7. The minimum atomic E-state index is -0.242. The average Bonchev–Trinajstić information content (AvgIpc) is 3.54. The van der Waals surface area contributed by atoms with Crippen LogP contribution in [0.25, 0.3) is 16.8 Å². The number of benzene rings is 2. The molecule has 1 atom stereocenters. The number of piperazine rings is 1. The second kappa shape index (κ2) is 10.9. The van der Waals surface area contributed by atoms with Crippen LogP contribution >= 0.6 is 22.9 Å². The summed E-state index contributed by atoms with van der Waals surface area (Å²) >= 11 is 7.18. The fraction of sp³-hybridized carbons (Fsp3) is 0.296. The molecule has 0 spiro atoms. The maximum absolute atomic E-state index is 12.2. The summed E-state index contributed by atoms with van der Waals surface area (Å²) in [6, 6.07) is 20.7. The van der Waals surface area contributed by atoms with Crippen LogP contribution < -0.4 is 10.8 Å². The van der Waals surface area contributed by atoms with E-state index >= 15 is 0 Å². The minimum absolute atomic E-state index is 0.146. The Morgan fingerprint density at radius 3 is 2.54 bits per heavy atom. The van der Waals surface area contributed by atoms with E-state index in [1.54, 1.807) is 12.1 Å². The molecule has 35 heavy (non-hydrogen) atoms. The zero-order valence-corrected chi connectivity index (χ0v) is 21.2. The van der Waals surface area contributed by atoms with E-state index in [0.29, 0.717) is 15.8 Å². The largest absolute Gasteiger partial charge is 0.348 e. The predicted octanol–water partition coefficient (Wildman–Crippen LogP) is 4.49. The summed E-state index contributed by atoms with van der Waals surface area (Å²) in [5, 5.41) is 2.90. The van der Waals surface area contributed by atoms with Crippen molar-refractivity contribution in [1.82, 2.24) is 20.6 Å². The first-order valence-electron chi connectivity index (χ1n) is 11.8. The fourth-order valence-electron chi connectivity index (χ4n) is 4.38. The van der Waals surface area contributed by atoms with Crippen LogP contribution in [0.3, 0.4) is 0 Å². The first-order chi connectivity index (χ1) is 17.0. The average molecular weight is 509 g/mol. The number of halogens is 1. The van der Waals surface area contributed by atoms with Gasteiger partial charge in [-0.2, -0.15) is 0 Å². The molecule has 0 bridgehead atoms. The van der Waals surface area contributed by atoms with Gasteiger partial charge in [0.05, 0.1) is 21.5 Å². The van der Waals surface area contributed by atoms with Gasteiger partial charge in [-0.15, -0.1) is 11.3 Å². The zero-order valence-electron chi connectivity index (χ0n) is 19.7. The van der Waals surface area contributed by atoms with Crippen LogP contribution in [0.4, 0.5) is 0 Å². The van der Waals surface area contributed by atoms with Gasteiger partial charge in [-0.3, -0.25) is 20.0 Å². The van der Waals surface area contributed by atoms with Crippen LogP contribution in [0.15, 0.2) is 66.7 Å². The molecule has 3 aromatic rings. The minimum Gasteiger partial charge on any atom is -0.348 e. The Balaban J connectivity index is 1.22. The quantitative estimate of drug-likeness (QED) is 0.492. The molecule has 1 amide bonds. The molecule has 1 unspecified atom stereocenters. The number of carbonyl (C=O) groups excluding carboxylic acids is 1. The van der Waals surface area contributed by atoms with Crippen molar-refractivity contribution in [2.45, 2.75) is 12.6 Å². The van der Waals surface area contributed by atoms with E-state index < -0.39 is 0 Å². The van der Waals surface area contributed by atoms with Gasteiger partial charge in [0.1, 0.15) is 6.10 Å². The molecule has 2 aliphatic heterocycles. The number of carbonyl (C=O) groups is 1. The number of thiophene rings is 1. The van der Waals surface area contributed by atoms with E-state index in [0.717, 1.165) is 44.0 Å². The van der Waals surface area contributed by atoms with E-state index in [1.165, 1.54) is 28.0 Å². The molecule has 8 heteroatoms. The van der Waals surface area contributed by atoms with Gasteiger partial charge >= 0.3 is 0 Å². The van der Waals surface area contributed by atoms with Crippen LogP contribution in [0.2, 0.25) is 4.34 Å². The van der Waals surface area contributed by atoms with E-state index in [2.05, 4.69) is 76.2 Å². The molecule has 0 saturated carbocycles. The van der Waals surface area contributed by atoms with Crippen LogP contribution in [0, 0.1) is 0 Å². The molecule has 2 aromatic carbocycles. The molecule has 1 fully saturated rings. The van der Waals surface area contributed by atoms with Crippen LogP contribution in [0.1, 0.15) is 20.8 Å². The number of hydrogen-bond donors (Lipinski definition) is 2. The van der Waals surface area contributed by atoms with Crippen molar-refractivity contribution in [3.8, 4) is 11.1 Å². The maximum Gasteiger partial charge on any atom is 0.261 e. The van der Waals surface area contributed by atoms with E-state index in [-0.39, 0.29) is 12.0 Å². The number of nitrogens with zero attached hydrogens (tertiary/aromatic N) is 2. The highest BCUT2D eigenvalue weighted by molar-refractivity contribution is 7.18. The number of amides is 1. The third-order valence-corrected chi connectivity index (χ3v) is 7.68. The summed E-state index contributed by atoms with van der Waals surface area (Å²) < 4.78 is 0.599. The Hall–Kier alpha value is -2.68. The third kappa shape index (κ3) is 5.94. The lowest BCUT2D eigenvalue weighted by atomic mass is 9.97. The Labute approximate surface area is 215 Å². The lowest BCUT2D eigenvalue weighted by Gasteiger charge is -2.32. The van der Waals surface area contributed by atoms with E-state index in [4.69, 9.17) is 16.4 Å². The van der Waals surface area contributed by atoms with Gasteiger partial charge in [0.15, 0.2) is 0 Å². The van der Waals surface area contributed by atoms with Crippen molar-refractivity contribution in [3.05, 3.63) is 87.1 Å². The first kappa shape index (κ1) is 24.0. The smallest absolute Gasteiger partial charge is 0.261 e. The lowest BCUT2D eigenvalue weighted by Crippen LogP contribution is -2.43. The summed E-state index contributed by atoms with van der Waals surface area (Å²) in [5.41, 5.74) is 8.78. The first-order valence-corrected chi connectivity index (χ1v) is 13.0. The van der Waals surface area contributed by atoms with Gasteiger partial charge < -0.3 is 10.2 Å². The van der Waals surface area contributed by atoms with E-state index in [9.17, 15) is 4.79 Å². The van der Waals surface area contributed by atoms with Gasteiger partial charge in [-0.05, 0) is 47.5 Å². The van der Waals surface area contributed by atoms with Crippen molar-refractivity contribution in [1.29, 1.82) is 0 Å². The number of hydroxylamine groups is 1. The summed E-state index contributed by atoms with van der Waals surface area (Å²) in [4.78, 5) is 23.4. The second-order valence-electron chi connectivity index (χ2n) is 8.97. The van der Waals surface area contributed by atoms with Crippen LogP contribution in [-0.4, -0.2) is 61.6 Å². The highest BCUT2D eigenvalue weighted by Crippen LogP contribution is 2.28. The predicted molar refractivity (Wildman–Crippen MR) is 142 cm³/mol. The van der Waals surface area contributed by atoms with Crippen molar-refractivity contribution in [2.75, 3.05) is 39.8 Å². The molecule has 1 saturated heterocycles. The summed E-state index contributed by atoms with van der Waals surface area (Å²) in [6.45, 7) is 5.79. The summed E-state index contributed by atoms with van der Waals surface area (Å²) in [7, 11) is 2.19. The number of likely N-dealkylation sites (N-methyl/N-ethyl adjacent to an activating group) is 1. The van der Waals surface area contributed by atoms with Gasteiger partial charge in [0.2, 0.25) is 0 Å². The monoisotopic (exact) mass is 508 g/mol. The molecular formula is C27H29ClN4O2S. The fourth-order valence-corrected chi connectivity index (χ4v) is 5.34. The Morgan fingerprint density at radius 1 is 1.06 bits per heavy atom. The molecule has 3 heterocycles. The topological polar surface area (TPSA) is 56.8 Å². The molecule has 0 radical (unpaired) electrons. The zero-order chi connectivity index (χ0) is 24.2. The molecule has 0 aliphatic carbocycles. The molecule has 6 nitrogen and oxygen atoms in total. The van der Waals surface area contributed by atoms with Crippen molar-refractivity contribution in [3.63, 3.8) is 0 Å². The second-order valence-corrected chi connectivity index (χ2v) is 10.7. The van der Waals surface area contributed by atoms with Gasteiger partial charge in [0.25, 0.3) is 5.91 Å². The lowest BCUT2D eigenvalue weighted by molar-refractivity contribution is 0.0499.